The van der Waals surface area contributed by atoms with E-state index in [1.165, 1.54) is 0 Å². The molecule has 15 heavy (non-hydrogen) atoms. The minimum atomic E-state index is 0.0933. The summed E-state index contributed by atoms with van der Waals surface area (Å²) in [4.78, 5) is 0. The van der Waals surface area contributed by atoms with Gasteiger partial charge in [0.1, 0.15) is 0 Å². The summed E-state index contributed by atoms with van der Waals surface area (Å²) >= 11 is 5.97. The predicted octanol–water partition coefficient (Wildman–Crippen LogP) is 3.26. The molecule has 1 unspecified atom stereocenters. The molecule has 0 aliphatic heterocycles. The third-order valence-corrected chi connectivity index (χ3v) is 2.22. The number of rotatable bonds is 5. The first-order chi connectivity index (χ1) is 7.19. The van der Waals surface area contributed by atoms with Crippen LogP contribution in [0, 0.1) is 0 Å². The van der Waals surface area contributed by atoms with Gasteiger partial charge in [-0.2, -0.15) is 0 Å². The minimum Gasteiger partial charge on any atom is -0.493 e. The molecule has 0 bridgehead atoms. The average molecular weight is 229 g/mol. The lowest BCUT2D eigenvalue weighted by Gasteiger charge is -2.14. The SMILES string of the molecule is CCOc1cccc(CC(C)Cl)c1OC. The summed E-state index contributed by atoms with van der Waals surface area (Å²) in [5.41, 5.74) is 1.09. The van der Waals surface area contributed by atoms with Crippen molar-refractivity contribution in [2.75, 3.05) is 13.7 Å². The fourth-order valence-electron chi connectivity index (χ4n) is 1.53. The fourth-order valence-corrected chi connectivity index (χ4v) is 1.69. The molecule has 0 N–H and O–H groups in total. The molecule has 84 valence electrons. The summed E-state index contributed by atoms with van der Waals surface area (Å²) in [6.45, 7) is 4.56. The molecule has 0 spiro atoms. The van der Waals surface area contributed by atoms with Crippen LogP contribution in [0.2, 0.25) is 0 Å². The van der Waals surface area contributed by atoms with E-state index < -0.39 is 0 Å². The lowest BCUT2D eigenvalue weighted by Crippen LogP contribution is -2.02. The van der Waals surface area contributed by atoms with Gasteiger partial charge in [0.05, 0.1) is 13.7 Å². The first-order valence-corrected chi connectivity index (χ1v) is 5.55. The average Bonchev–Trinajstić information content (AvgIpc) is 2.18. The zero-order valence-corrected chi connectivity index (χ0v) is 10.2. The summed E-state index contributed by atoms with van der Waals surface area (Å²) in [6, 6.07) is 5.88. The quantitative estimate of drug-likeness (QED) is 0.721. The number of halogens is 1. The normalized spacial score (nSPS) is 12.3. The number of benzene rings is 1. The van der Waals surface area contributed by atoms with Crippen LogP contribution in [0.3, 0.4) is 0 Å². The Kier molecular flexibility index (Phi) is 4.76. The second kappa shape index (κ2) is 5.86. The van der Waals surface area contributed by atoms with Gasteiger partial charge in [0.25, 0.3) is 0 Å². The van der Waals surface area contributed by atoms with E-state index in [1.807, 2.05) is 32.0 Å². The molecule has 0 aromatic heterocycles. The van der Waals surface area contributed by atoms with E-state index in [2.05, 4.69) is 0 Å². The van der Waals surface area contributed by atoms with Crippen molar-refractivity contribution < 1.29 is 9.47 Å². The zero-order chi connectivity index (χ0) is 11.3. The molecule has 1 aromatic carbocycles. The van der Waals surface area contributed by atoms with Crippen LogP contribution in [0.1, 0.15) is 19.4 Å². The van der Waals surface area contributed by atoms with E-state index >= 15 is 0 Å². The molecule has 0 saturated carbocycles. The Morgan fingerprint density at radius 3 is 2.67 bits per heavy atom. The Labute approximate surface area is 96.2 Å². The number of ether oxygens (including phenoxy) is 2. The van der Waals surface area contributed by atoms with Crippen molar-refractivity contribution in [2.24, 2.45) is 0 Å². The van der Waals surface area contributed by atoms with Gasteiger partial charge in [-0.15, -0.1) is 11.6 Å². The van der Waals surface area contributed by atoms with Crippen LogP contribution in [0.4, 0.5) is 0 Å². The van der Waals surface area contributed by atoms with Crippen LogP contribution in [0.15, 0.2) is 18.2 Å². The molecule has 0 aliphatic rings. The maximum absolute atomic E-state index is 5.97. The second-order valence-corrected chi connectivity index (χ2v) is 4.11. The highest BCUT2D eigenvalue weighted by Crippen LogP contribution is 2.32. The first kappa shape index (κ1) is 12.2. The van der Waals surface area contributed by atoms with Crippen molar-refractivity contribution in [2.45, 2.75) is 25.6 Å². The highest BCUT2D eigenvalue weighted by molar-refractivity contribution is 6.20. The van der Waals surface area contributed by atoms with Crippen LogP contribution in [-0.2, 0) is 6.42 Å². The fraction of sp³-hybridized carbons (Fsp3) is 0.500. The summed E-state index contributed by atoms with van der Waals surface area (Å²) in [5, 5.41) is 0.0933. The minimum absolute atomic E-state index is 0.0933. The standard InChI is InChI=1S/C12H17ClO2/c1-4-15-11-7-5-6-10(8-9(2)13)12(11)14-3/h5-7,9H,4,8H2,1-3H3. The molecular formula is C12H17ClO2. The Balaban J connectivity index is 2.98. The summed E-state index contributed by atoms with van der Waals surface area (Å²) in [7, 11) is 1.65. The Morgan fingerprint density at radius 1 is 1.40 bits per heavy atom. The van der Waals surface area contributed by atoms with E-state index in [9.17, 15) is 0 Å². The van der Waals surface area contributed by atoms with Crippen molar-refractivity contribution in [3.63, 3.8) is 0 Å². The maximum Gasteiger partial charge on any atom is 0.163 e. The molecule has 0 amide bonds. The van der Waals surface area contributed by atoms with E-state index in [0.29, 0.717) is 6.61 Å². The largest absolute Gasteiger partial charge is 0.493 e. The van der Waals surface area contributed by atoms with Gasteiger partial charge in [-0.05, 0) is 31.9 Å². The van der Waals surface area contributed by atoms with Gasteiger partial charge in [-0.25, -0.2) is 0 Å². The van der Waals surface area contributed by atoms with Crippen molar-refractivity contribution in [1.82, 2.24) is 0 Å². The molecule has 0 fully saturated rings. The Morgan fingerprint density at radius 2 is 2.13 bits per heavy atom. The van der Waals surface area contributed by atoms with Crippen molar-refractivity contribution in [1.29, 1.82) is 0 Å². The van der Waals surface area contributed by atoms with Gasteiger partial charge >= 0.3 is 0 Å². The van der Waals surface area contributed by atoms with Gasteiger partial charge in [0.2, 0.25) is 0 Å². The summed E-state index contributed by atoms with van der Waals surface area (Å²) < 4.78 is 10.8. The van der Waals surface area contributed by atoms with Crippen molar-refractivity contribution in [3.05, 3.63) is 23.8 Å². The Hall–Kier alpha value is -0.890. The molecule has 1 rings (SSSR count). The van der Waals surface area contributed by atoms with Crippen LogP contribution in [0.25, 0.3) is 0 Å². The van der Waals surface area contributed by atoms with Crippen molar-refractivity contribution in [3.8, 4) is 11.5 Å². The first-order valence-electron chi connectivity index (χ1n) is 5.11. The van der Waals surface area contributed by atoms with Crippen LogP contribution in [-0.4, -0.2) is 19.1 Å². The molecule has 0 saturated heterocycles. The summed E-state index contributed by atoms with van der Waals surface area (Å²) in [5.74, 6) is 1.58. The lowest BCUT2D eigenvalue weighted by molar-refractivity contribution is 0.309. The van der Waals surface area contributed by atoms with Crippen LogP contribution >= 0.6 is 11.6 Å². The third-order valence-electron chi connectivity index (χ3n) is 2.07. The monoisotopic (exact) mass is 228 g/mol. The van der Waals surface area contributed by atoms with Gasteiger partial charge in [-0.3, -0.25) is 0 Å². The number of methoxy groups -OCH3 is 1. The Bertz CT molecular complexity index is 310. The molecule has 2 nitrogen and oxygen atoms in total. The lowest BCUT2D eigenvalue weighted by atomic mass is 10.1. The van der Waals surface area contributed by atoms with Gasteiger partial charge < -0.3 is 9.47 Å². The third kappa shape index (κ3) is 3.31. The van der Waals surface area contributed by atoms with Gasteiger partial charge in [0, 0.05) is 5.38 Å². The number of hydrogen-bond acceptors (Lipinski definition) is 2. The number of hydrogen-bond donors (Lipinski definition) is 0. The number of para-hydroxylation sites is 1. The highest BCUT2D eigenvalue weighted by atomic mass is 35.5. The molecule has 0 radical (unpaired) electrons. The molecule has 0 heterocycles. The van der Waals surface area contributed by atoms with E-state index in [0.717, 1.165) is 23.5 Å². The molecule has 1 aromatic rings. The molecule has 1 atom stereocenters. The summed E-state index contributed by atoms with van der Waals surface area (Å²) in [6.07, 6.45) is 0.783. The van der Waals surface area contributed by atoms with E-state index in [1.54, 1.807) is 7.11 Å². The van der Waals surface area contributed by atoms with Gasteiger partial charge in [0.15, 0.2) is 11.5 Å². The molecule has 3 heteroatoms. The van der Waals surface area contributed by atoms with Gasteiger partial charge in [-0.1, -0.05) is 12.1 Å². The second-order valence-electron chi connectivity index (χ2n) is 3.37. The molecular weight excluding hydrogens is 212 g/mol. The topological polar surface area (TPSA) is 18.5 Å². The maximum atomic E-state index is 5.97. The zero-order valence-electron chi connectivity index (χ0n) is 9.42. The highest BCUT2D eigenvalue weighted by Gasteiger charge is 2.11. The van der Waals surface area contributed by atoms with E-state index in [-0.39, 0.29) is 5.38 Å². The smallest absolute Gasteiger partial charge is 0.163 e. The number of alkyl halides is 1. The van der Waals surface area contributed by atoms with E-state index in [4.69, 9.17) is 21.1 Å². The van der Waals surface area contributed by atoms with Crippen LogP contribution in [0.5, 0.6) is 11.5 Å². The molecule has 0 aliphatic carbocycles. The predicted molar refractivity (Wildman–Crippen MR) is 63.2 cm³/mol. The van der Waals surface area contributed by atoms with Crippen molar-refractivity contribution >= 4 is 11.6 Å². The van der Waals surface area contributed by atoms with Crippen LogP contribution < -0.4 is 9.47 Å².